The van der Waals surface area contributed by atoms with E-state index in [4.69, 9.17) is 0 Å². The molecule has 1 aliphatic rings. The van der Waals surface area contributed by atoms with E-state index in [0.717, 1.165) is 29.7 Å². The fourth-order valence-electron chi connectivity index (χ4n) is 4.73. The molecule has 1 saturated heterocycles. The molecule has 4 rings (SSSR count). The van der Waals surface area contributed by atoms with E-state index in [-0.39, 0.29) is 18.0 Å². The van der Waals surface area contributed by atoms with E-state index in [1.165, 1.54) is 5.56 Å². The minimum atomic E-state index is -0.729. The molecule has 0 spiro atoms. The van der Waals surface area contributed by atoms with E-state index >= 15 is 0 Å². The summed E-state index contributed by atoms with van der Waals surface area (Å²) in [5, 5.41) is 14.9. The molecule has 166 valence electrons. The normalized spacial score (nSPS) is 19.5. The summed E-state index contributed by atoms with van der Waals surface area (Å²) < 4.78 is 0. The van der Waals surface area contributed by atoms with Crippen LogP contribution in [0.1, 0.15) is 51.6 Å². The van der Waals surface area contributed by atoms with Crippen molar-refractivity contribution < 1.29 is 9.90 Å². The molecule has 3 unspecified atom stereocenters. The van der Waals surface area contributed by atoms with E-state index in [2.05, 4.69) is 23.5 Å². The second-order valence-electron chi connectivity index (χ2n) is 8.89. The summed E-state index contributed by atoms with van der Waals surface area (Å²) in [4.78, 5) is 15.4. The number of hydrogen-bond donors (Lipinski definition) is 2. The van der Waals surface area contributed by atoms with Gasteiger partial charge in [-0.05, 0) is 49.9 Å². The highest BCUT2D eigenvalue weighted by atomic mass is 16.3. The first-order valence-corrected chi connectivity index (χ1v) is 11.4. The number of rotatable bonds is 6. The van der Waals surface area contributed by atoms with Crippen LogP contribution in [0.2, 0.25) is 0 Å². The lowest BCUT2D eigenvalue weighted by Crippen LogP contribution is -2.53. The van der Waals surface area contributed by atoms with Crippen molar-refractivity contribution in [2.75, 3.05) is 6.54 Å². The number of carbonyl (C=O) groups excluding carboxylic acids is 1. The molecule has 0 bridgehead atoms. The smallest absolute Gasteiger partial charge is 0.254 e. The molecule has 2 N–H and O–H groups in total. The summed E-state index contributed by atoms with van der Waals surface area (Å²) in [5.41, 5.74) is 4.94. The molecule has 0 radical (unpaired) electrons. The summed E-state index contributed by atoms with van der Waals surface area (Å²) in [6, 6.07) is 25.9. The van der Waals surface area contributed by atoms with Gasteiger partial charge in [0.05, 0.1) is 12.1 Å². The van der Waals surface area contributed by atoms with Crippen molar-refractivity contribution in [3.8, 4) is 0 Å². The molecule has 1 amide bonds. The number of carbonyl (C=O) groups is 1. The van der Waals surface area contributed by atoms with Crippen molar-refractivity contribution in [1.82, 2.24) is 10.2 Å². The Hall–Kier alpha value is -2.95. The maximum Gasteiger partial charge on any atom is 0.254 e. The molecule has 3 aromatic carbocycles. The monoisotopic (exact) mass is 428 g/mol. The summed E-state index contributed by atoms with van der Waals surface area (Å²) >= 11 is 0. The van der Waals surface area contributed by atoms with Gasteiger partial charge in [-0.2, -0.15) is 0 Å². The second kappa shape index (κ2) is 10.1. The van der Waals surface area contributed by atoms with Gasteiger partial charge in [0.15, 0.2) is 0 Å². The Morgan fingerprint density at radius 2 is 1.62 bits per heavy atom. The van der Waals surface area contributed by atoms with Crippen molar-refractivity contribution in [1.29, 1.82) is 0 Å². The fraction of sp³-hybridized carbons (Fsp3) is 0.321. The van der Waals surface area contributed by atoms with Gasteiger partial charge in [-0.15, -0.1) is 0 Å². The average molecular weight is 429 g/mol. The molecule has 1 heterocycles. The number of benzene rings is 3. The quantitative estimate of drug-likeness (QED) is 0.593. The van der Waals surface area contributed by atoms with Gasteiger partial charge in [0, 0.05) is 24.7 Å². The molecular weight excluding hydrogens is 396 g/mol. The van der Waals surface area contributed by atoms with Gasteiger partial charge in [0.1, 0.15) is 0 Å². The van der Waals surface area contributed by atoms with Crippen LogP contribution in [0.3, 0.4) is 0 Å². The van der Waals surface area contributed by atoms with Crippen molar-refractivity contribution in [3.05, 3.63) is 107 Å². The van der Waals surface area contributed by atoms with Crippen LogP contribution in [0.5, 0.6) is 0 Å². The van der Waals surface area contributed by atoms with Crippen molar-refractivity contribution in [3.63, 3.8) is 0 Å². The standard InChI is InChI=1S/C28H32N2O2/c1-20-15-21(2)17-24(16-20)28(32)30-14-13-25(29-19-22-9-5-3-6-10-22)18-26(30)27(31)23-11-7-4-8-12-23/h3-12,15-17,25-27,29,31H,13-14,18-19H2,1-2H3. The first-order chi connectivity index (χ1) is 15.5. The fourth-order valence-corrected chi connectivity index (χ4v) is 4.73. The van der Waals surface area contributed by atoms with Gasteiger partial charge >= 0.3 is 0 Å². The third-order valence-electron chi connectivity index (χ3n) is 6.32. The average Bonchev–Trinajstić information content (AvgIpc) is 2.82. The van der Waals surface area contributed by atoms with Crippen LogP contribution in [-0.4, -0.2) is 34.5 Å². The predicted molar refractivity (Wildman–Crippen MR) is 128 cm³/mol. The first kappa shape index (κ1) is 22.3. The highest BCUT2D eigenvalue weighted by Crippen LogP contribution is 2.30. The third kappa shape index (κ3) is 5.26. The molecule has 3 atom stereocenters. The number of nitrogens with zero attached hydrogens (tertiary/aromatic N) is 1. The van der Waals surface area contributed by atoms with Crippen LogP contribution < -0.4 is 5.32 Å². The zero-order valence-electron chi connectivity index (χ0n) is 18.9. The lowest BCUT2D eigenvalue weighted by atomic mass is 9.89. The zero-order valence-corrected chi connectivity index (χ0v) is 18.9. The van der Waals surface area contributed by atoms with Crippen LogP contribution >= 0.6 is 0 Å². The Morgan fingerprint density at radius 1 is 1.00 bits per heavy atom. The van der Waals surface area contributed by atoms with Crippen LogP contribution in [-0.2, 0) is 6.54 Å². The Labute approximate surface area is 190 Å². The van der Waals surface area contributed by atoms with Crippen LogP contribution in [0.15, 0.2) is 78.9 Å². The zero-order chi connectivity index (χ0) is 22.5. The summed E-state index contributed by atoms with van der Waals surface area (Å²) in [6.45, 7) is 5.43. The largest absolute Gasteiger partial charge is 0.386 e. The molecule has 3 aromatic rings. The number of piperidine rings is 1. The van der Waals surface area contributed by atoms with Gasteiger partial charge in [-0.25, -0.2) is 0 Å². The van der Waals surface area contributed by atoms with Gasteiger partial charge < -0.3 is 15.3 Å². The van der Waals surface area contributed by atoms with E-state index in [0.29, 0.717) is 18.5 Å². The number of aliphatic hydroxyl groups is 1. The molecule has 4 nitrogen and oxygen atoms in total. The number of hydrogen-bond acceptors (Lipinski definition) is 3. The molecule has 0 aliphatic carbocycles. The van der Waals surface area contributed by atoms with Crippen LogP contribution in [0.4, 0.5) is 0 Å². The Kier molecular flexibility index (Phi) is 7.03. The van der Waals surface area contributed by atoms with Crippen molar-refractivity contribution in [2.24, 2.45) is 0 Å². The van der Waals surface area contributed by atoms with Gasteiger partial charge in [-0.1, -0.05) is 77.9 Å². The van der Waals surface area contributed by atoms with Gasteiger partial charge in [0.25, 0.3) is 5.91 Å². The van der Waals surface area contributed by atoms with Gasteiger partial charge in [-0.3, -0.25) is 4.79 Å². The van der Waals surface area contributed by atoms with E-state index in [1.807, 2.05) is 79.4 Å². The summed E-state index contributed by atoms with van der Waals surface area (Å²) in [6.07, 6.45) is 0.841. The minimum absolute atomic E-state index is 0.00158. The minimum Gasteiger partial charge on any atom is -0.386 e. The number of aliphatic hydroxyl groups excluding tert-OH is 1. The predicted octanol–water partition coefficient (Wildman–Crippen LogP) is 4.80. The highest BCUT2D eigenvalue weighted by molar-refractivity contribution is 5.95. The Morgan fingerprint density at radius 3 is 2.28 bits per heavy atom. The molecule has 32 heavy (non-hydrogen) atoms. The molecule has 0 aromatic heterocycles. The van der Waals surface area contributed by atoms with Crippen molar-refractivity contribution >= 4 is 5.91 Å². The lowest BCUT2D eigenvalue weighted by molar-refractivity contribution is 0.0144. The van der Waals surface area contributed by atoms with Gasteiger partial charge in [0.2, 0.25) is 0 Å². The number of likely N-dealkylation sites (tertiary alicyclic amines) is 1. The maximum absolute atomic E-state index is 13.5. The highest BCUT2D eigenvalue weighted by Gasteiger charge is 2.37. The van der Waals surface area contributed by atoms with Crippen LogP contribution in [0, 0.1) is 13.8 Å². The second-order valence-corrected chi connectivity index (χ2v) is 8.89. The number of aryl methyl sites for hydroxylation is 2. The van der Waals surface area contributed by atoms with E-state index in [1.54, 1.807) is 0 Å². The third-order valence-corrected chi connectivity index (χ3v) is 6.32. The van der Waals surface area contributed by atoms with E-state index < -0.39 is 6.10 Å². The molecule has 1 aliphatic heterocycles. The molecule has 0 saturated carbocycles. The molecule has 1 fully saturated rings. The Bertz CT molecular complexity index is 1020. The SMILES string of the molecule is Cc1cc(C)cc(C(=O)N2CCC(NCc3ccccc3)CC2C(O)c2ccccc2)c1. The molecular formula is C28H32N2O2. The van der Waals surface area contributed by atoms with E-state index in [9.17, 15) is 9.90 Å². The van der Waals surface area contributed by atoms with Crippen molar-refractivity contribution in [2.45, 2.75) is 51.4 Å². The summed E-state index contributed by atoms with van der Waals surface area (Å²) in [7, 11) is 0. The van der Waals surface area contributed by atoms with Crippen LogP contribution in [0.25, 0.3) is 0 Å². The topological polar surface area (TPSA) is 52.6 Å². The first-order valence-electron chi connectivity index (χ1n) is 11.4. The number of amides is 1. The summed E-state index contributed by atoms with van der Waals surface area (Å²) in [5.74, 6) is -0.00158. The molecule has 4 heteroatoms. The number of nitrogens with one attached hydrogen (secondary N) is 1. The Balaban J connectivity index is 1.55. The maximum atomic E-state index is 13.5. The lowest BCUT2D eigenvalue weighted by Gasteiger charge is -2.42.